The van der Waals surface area contributed by atoms with E-state index in [1.165, 1.54) is 30.0 Å². The van der Waals surface area contributed by atoms with Crippen molar-refractivity contribution < 1.29 is 33.7 Å². The number of esters is 2. The van der Waals surface area contributed by atoms with Crippen LogP contribution in [-0.2, 0) is 27.9 Å². The van der Waals surface area contributed by atoms with E-state index in [1.807, 2.05) is 30.3 Å². The van der Waals surface area contributed by atoms with Gasteiger partial charge in [-0.3, -0.25) is 4.79 Å². The number of cyclic esters (lactones) is 2. The highest BCUT2D eigenvalue weighted by Crippen LogP contribution is 2.43. The average molecular weight is 602 g/mol. The minimum atomic E-state index is -0.777. The third-order valence-electron chi connectivity index (χ3n) is 7.41. The maximum absolute atomic E-state index is 13.0. The summed E-state index contributed by atoms with van der Waals surface area (Å²) in [7, 11) is 1.78. The molecule has 1 aromatic heterocycles. The first-order chi connectivity index (χ1) is 20.8. The largest absolute Gasteiger partial charge is 0.392 e. The summed E-state index contributed by atoms with van der Waals surface area (Å²) in [6.45, 7) is 2.02. The Bertz CT molecular complexity index is 1690. The summed E-state index contributed by atoms with van der Waals surface area (Å²) in [5.74, 6) is -1.43. The number of fused-ring (bicyclic) bond motifs is 1. The Morgan fingerprint density at radius 3 is 2.53 bits per heavy atom. The summed E-state index contributed by atoms with van der Waals surface area (Å²) in [5, 5.41) is 24.7. The van der Waals surface area contributed by atoms with Gasteiger partial charge >= 0.3 is 11.9 Å². The first-order valence-corrected chi connectivity index (χ1v) is 14.5. The summed E-state index contributed by atoms with van der Waals surface area (Å²) in [6.07, 6.45) is -1.31. The van der Waals surface area contributed by atoms with Crippen molar-refractivity contribution in [3.8, 4) is 0 Å². The lowest BCUT2D eigenvalue weighted by Crippen LogP contribution is -2.38. The van der Waals surface area contributed by atoms with Crippen LogP contribution < -0.4 is 5.32 Å². The molecule has 0 spiro atoms. The monoisotopic (exact) mass is 601 g/mol. The first-order valence-electron chi connectivity index (χ1n) is 13.5. The smallest absolute Gasteiger partial charge is 0.346 e. The third-order valence-corrected chi connectivity index (χ3v) is 8.50. The average Bonchev–Trinajstić information content (AvgIpc) is 3.57. The van der Waals surface area contributed by atoms with Crippen molar-refractivity contribution in [1.29, 1.82) is 0 Å². The molecule has 1 amide bonds. The van der Waals surface area contributed by atoms with Crippen molar-refractivity contribution in [3.05, 3.63) is 100 Å². The number of benzene rings is 3. The van der Waals surface area contributed by atoms with Crippen LogP contribution in [0.15, 0.2) is 71.9 Å². The molecular weight excluding hydrogens is 574 g/mol. The van der Waals surface area contributed by atoms with Crippen LogP contribution in [0.2, 0.25) is 0 Å². The number of amides is 1. The van der Waals surface area contributed by atoms with E-state index < -0.39 is 24.1 Å². The van der Waals surface area contributed by atoms with Gasteiger partial charge in [0.1, 0.15) is 0 Å². The van der Waals surface area contributed by atoms with E-state index in [4.69, 9.17) is 9.47 Å². The first kappa shape index (κ1) is 28.7. The number of aliphatic hydroxyl groups is 1. The van der Waals surface area contributed by atoms with Crippen molar-refractivity contribution >= 4 is 35.3 Å². The van der Waals surface area contributed by atoms with E-state index in [0.29, 0.717) is 22.2 Å². The van der Waals surface area contributed by atoms with Gasteiger partial charge in [-0.1, -0.05) is 55.1 Å². The molecule has 3 heterocycles. The van der Waals surface area contributed by atoms with Gasteiger partial charge < -0.3 is 24.6 Å². The third kappa shape index (κ3) is 5.92. The zero-order valence-electron chi connectivity index (χ0n) is 23.2. The fourth-order valence-electron chi connectivity index (χ4n) is 5.00. The molecule has 0 aliphatic carbocycles. The number of hydrogen-bond donors (Lipinski definition) is 2. The molecule has 1 saturated heterocycles. The number of carbonyl (C=O) groups excluding carboxylic acids is 3. The number of nitrogens with zero attached hydrogens (tertiary/aromatic N) is 4. The van der Waals surface area contributed by atoms with Gasteiger partial charge in [0.2, 0.25) is 5.16 Å². The lowest BCUT2D eigenvalue weighted by atomic mass is 9.91. The highest BCUT2D eigenvalue weighted by atomic mass is 32.2. The SMILES string of the molecule is CC1C(CSc2nnnn2C)OC(c2cccc(NC(=O)c3ccc4c(c3)C(=O)OC4=O)c2)OC1c1ccc(CO)cc1. The van der Waals surface area contributed by atoms with E-state index in [9.17, 15) is 19.5 Å². The second-order valence-corrected chi connectivity index (χ2v) is 11.2. The number of nitrogens with one attached hydrogen (secondary N) is 1. The van der Waals surface area contributed by atoms with Gasteiger partial charge in [-0.05, 0) is 51.9 Å². The number of rotatable bonds is 8. The van der Waals surface area contributed by atoms with Crippen LogP contribution in [-0.4, -0.2) is 55.0 Å². The zero-order valence-corrected chi connectivity index (χ0v) is 24.0. The normalized spacial score (nSPS) is 21.4. The Morgan fingerprint density at radius 2 is 1.79 bits per heavy atom. The van der Waals surface area contributed by atoms with Crippen LogP contribution in [0.4, 0.5) is 5.69 Å². The van der Waals surface area contributed by atoms with Crippen LogP contribution in [0.5, 0.6) is 0 Å². The van der Waals surface area contributed by atoms with Crippen LogP contribution in [0.1, 0.15) is 67.1 Å². The number of ether oxygens (including phenoxy) is 3. The van der Waals surface area contributed by atoms with E-state index in [-0.39, 0.29) is 41.4 Å². The minimum Gasteiger partial charge on any atom is -0.392 e. The summed E-state index contributed by atoms with van der Waals surface area (Å²) in [5.41, 5.74) is 3.34. The topological polar surface area (TPSA) is 155 Å². The maximum Gasteiger partial charge on any atom is 0.346 e. The van der Waals surface area contributed by atoms with Gasteiger partial charge in [0, 0.05) is 35.5 Å². The lowest BCUT2D eigenvalue weighted by Gasteiger charge is -2.41. The molecule has 4 aromatic rings. The molecule has 0 radical (unpaired) electrons. The van der Waals surface area contributed by atoms with Gasteiger partial charge in [0.05, 0.1) is 29.9 Å². The number of aryl methyl sites for hydroxylation is 1. The van der Waals surface area contributed by atoms with Crippen molar-refractivity contribution in [1.82, 2.24) is 20.2 Å². The summed E-state index contributed by atoms with van der Waals surface area (Å²) < 4.78 is 19.2. The Kier molecular flexibility index (Phi) is 8.04. The molecule has 0 saturated carbocycles. The van der Waals surface area contributed by atoms with Crippen molar-refractivity contribution in [2.75, 3.05) is 11.1 Å². The summed E-state index contributed by atoms with van der Waals surface area (Å²) >= 11 is 1.48. The van der Waals surface area contributed by atoms with Gasteiger partial charge in [0.25, 0.3) is 5.91 Å². The van der Waals surface area contributed by atoms with Gasteiger partial charge in [-0.15, -0.1) is 5.10 Å². The number of aliphatic hydroxyl groups excluding tert-OH is 1. The molecule has 3 aromatic carbocycles. The number of thioether (sulfide) groups is 1. The van der Waals surface area contributed by atoms with Crippen molar-refractivity contribution in [2.24, 2.45) is 13.0 Å². The number of tetrazole rings is 1. The number of hydrogen-bond acceptors (Lipinski definition) is 11. The molecule has 0 bridgehead atoms. The molecule has 4 atom stereocenters. The molecule has 43 heavy (non-hydrogen) atoms. The molecule has 12 nitrogen and oxygen atoms in total. The van der Waals surface area contributed by atoms with E-state index >= 15 is 0 Å². The predicted molar refractivity (Wildman–Crippen MR) is 153 cm³/mol. The standard InChI is InChI=1S/C30H27N5O7S/c1-16-24(15-43-30-32-33-34-35(30)2)40-29(41-25(16)18-8-6-17(14-36)7-9-18)20-4-3-5-21(12-20)31-26(37)19-10-11-22-23(13-19)28(39)42-27(22)38/h3-13,16,24-25,29,36H,14-15H2,1-2H3,(H,31,37). The Labute approximate surface area is 250 Å². The number of anilines is 1. The van der Waals surface area contributed by atoms with Crippen LogP contribution >= 0.6 is 11.8 Å². The summed E-state index contributed by atoms with van der Waals surface area (Å²) in [6, 6.07) is 19.0. The second-order valence-electron chi connectivity index (χ2n) is 10.2. The van der Waals surface area contributed by atoms with Gasteiger partial charge in [0.15, 0.2) is 6.29 Å². The minimum absolute atomic E-state index is 0.0359. The van der Waals surface area contributed by atoms with E-state index in [1.54, 1.807) is 29.9 Å². The molecule has 220 valence electrons. The van der Waals surface area contributed by atoms with Crippen molar-refractivity contribution in [3.63, 3.8) is 0 Å². The molecule has 13 heteroatoms. The molecular formula is C30H27N5O7S. The molecule has 2 aliphatic rings. The molecule has 2 aliphatic heterocycles. The van der Waals surface area contributed by atoms with Crippen molar-refractivity contribution in [2.45, 2.75) is 37.2 Å². The zero-order chi connectivity index (χ0) is 30.1. The molecule has 4 unspecified atom stereocenters. The summed E-state index contributed by atoms with van der Waals surface area (Å²) in [4.78, 5) is 36.7. The van der Waals surface area contributed by atoms with Crippen LogP contribution in [0.25, 0.3) is 0 Å². The van der Waals surface area contributed by atoms with Crippen LogP contribution in [0, 0.1) is 5.92 Å². The quantitative estimate of drug-likeness (QED) is 0.172. The number of carbonyl (C=O) groups is 3. The highest BCUT2D eigenvalue weighted by molar-refractivity contribution is 7.99. The molecule has 1 fully saturated rings. The fraction of sp³-hybridized carbons (Fsp3) is 0.267. The fourth-order valence-corrected chi connectivity index (χ4v) is 6.02. The van der Waals surface area contributed by atoms with Gasteiger partial charge in [-0.25, -0.2) is 14.3 Å². The van der Waals surface area contributed by atoms with E-state index in [2.05, 4.69) is 32.5 Å². The molecule has 6 rings (SSSR count). The highest BCUT2D eigenvalue weighted by Gasteiger charge is 2.39. The van der Waals surface area contributed by atoms with Crippen LogP contribution in [0.3, 0.4) is 0 Å². The second kappa shape index (κ2) is 12.1. The number of aromatic nitrogens is 4. The predicted octanol–water partition coefficient (Wildman–Crippen LogP) is 3.85. The Balaban J connectivity index is 1.23. The maximum atomic E-state index is 13.0. The Hall–Kier alpha value is -4.43. The Morgan fingerprint density at radius 1 is 1.00 bits per heavy atom. The lowest BCUT2D eigenvalue weighted by molar-refractivity contribution is -0.268. The van der Waals surface area contributed by atoms with E-state index in [0.717, 1.165) is 11.1 Å². The van der Waals surface area contributed by atoms with Gasteiger partial charge in [-0.2, -0.15) is 0 Å². The molecule has 2 N–H and O–H groups in total.